The van der Waals surface area contributed by atoms with E-state index in [9.17, 15) is 8.42 Å². The summed E-state index contributed by atoms with van der Waals surface area (Å²) in [7, 11) is -3.09. The van der Waals surface area contributed by atoms with Crippen LogP contribution < -0.4 is 4.74 Å². The van der Waals surface area contributed by atoms with Crippen molar-refractivity contribution < 1.29 is 13.2 Å². The van der Waals surface area contributed by atoms with Gasteiger partial charge in [0.2, 0.25) is 15.9 Å². The van der Waals surface area contributed by atoms with Crippen molar-refractivity contribution in [1.29, 1.82) is 0 Å². The summed E-state index contributed by atoms with van der Waals surface area (Å²) in [6.07, 6.45) is 2.28. The maximum atomic E-state index is 11.7. The Morgan fingerprint density at radius 3 is 3.00 bits per heavy atom. The molecule has 1 saturated heterocycles. The summed E-state index contributed by atoms with van der Waals surface area (Å²) >= 11 is 0. The Kier molecular flexibility index (Phi) is 3.63. The second-order valence-electron chi connectivity index (χ2n) is 3.96. The van der Waals surface area contributed by atoms with Crippen LogP contribution in [-0.2, 0) is 10.0 Å². The van der Waals surface area contributed by atoms with Crippen LogP contribution in [-0.4, -0.2) is 42.7 Å². The average Bonchev–Trinajstić information content (AvgIpc) is 2.80. The van der Waals surface area contributed by atoms with Crippen LogP contribution in [0.4, 0.5) is 0 Å². The Morgan fingerprint density at radius 2 is 2.35 bits per heavy atom. The number of pyridine rings is 1. The number of sulfonamides is 1. The van der Waals surface area contributed by atoms with E-state index in [1.807, 2.05) is 12.1 Å². The van der Waals surface area contributed by atoms with Crippen molar-refractivity contribution in [3.05, 3.63) is 24.4 Å². The number of ether oxygens (including phenoxy) is 1. The van der Waals surface area contributed by atoms with Gasteiger partial charge in [-0.15, -0.1) is 0 Å². The van der Waals surface area contributed by atoms with Crippen LogP contribution in [0.15, 0.2) is 24.4 Å². The predicted octanol–water partition coefficient (Wildman–Crippen LogP) is 0.884. The van der Waals surface area contributed by atoms with Gasteiger partial charge in [-0.3, -0.25) is 0 Å². The monoisotopic (exact) mass is 256 g/mol. The smallest absolute Gasteiger partial charge is 0.213 e. The zero-order chi connectivity index (χ0) is 12.3. The van der Waals surface area contributed by atoms with Crippen LogP contribution in [0.25, 0.3) is 0 Å². The summed E-state index contributed by atoms with van der Waals surface area (Å²) in [6.45, 7) is 2.61. The first-order valence-corrected chi connectivity index (χ1v) is 7.28. The fourth-order valence-electron chi connectivity index (χ4n) is 1.82. The van der Waals surface area contributed by atoms with Crippen LogP contribution >= 0.6 is 0 Å². The molecule has 94 valence electrons. The van der Waals surface area contributed by atoms with Crippen LogP contribution in [0.5, 0.6) is 5.88 Å². The Labute approximate surface area is 101 Å². The van der Waals surface area contributed by atoms with E-state index >= 15 is 0 Å². The molecule has 1 unspecified atom stereocenters. The summed E-state index contributed by atoms with van der Waals surface area (Å²) in [5.74, 6) is 0.691. The molecule has 0 spiro atoms. The molecule has 5 nitrogen and oxygen atoms in total. The molecule has 0 bridgehead atoms. The maximum absolute atomic E-state index is 11.7. The number of nitrogens with zero attached hydrogens (tertiary/aromatic N) is 2. The average molecular weight is 256 g/mol. The molecular formula is C11H16N2O3S. The van der Waals surface area contributed by atoms with Crippen molar-refractivity contribution in [3.63, 3.8) is 0 Å². The predicted molar refractivity (Wildman–Crippen MR) is 64.3 cm³/mol. The quantitative estimate of drug-likeness (QED) is 0.802. The van der Waals surface area contributed by atoms with Crippen LogP contribution in [0.3, 0.4) is 0 Å². The lowest BCUT2D eigenvalue weighted by Gasteiger charge is -2.15. The molecule has 1 atom stereocenters. The third kappa shape index (κ3) is 2.95. The molecule has 0 radical (unpaired) electrons. The van der Waals surface area contributed by atoms with Crippen molar-refractivity contribution in [2.75, 3.05) is 18.8 Å². The van der Waals surface area contributed by atoms with Crippen molar-refractivity contribution in [2.24, 2.45) is 0 Å². The van der Waals surface area contributed by atoms with Crippen molar-refractivity contribution in [3.8, 4) is 5.88 Å². The number of hydrogen-bond donors (Lipinski definition) is 0. The molecule has 6 heteroatoms. The highest BCUT2D eigenvalue weighted by molar-refractivity contribution is 7.89. The van der Waals surface area contributed by atoms with Crippen LogP contribution in [0, 0.1) is 0 Å². The second-order valence-corrected chi connectivity index (χ2v) is 6.21. The first-order valence-electron chi connectivity index (χ1n) is 5.67. The Bertz CT molecular complexity index is 461. The standard InChI is InChI=1S/C11H16N2O3S/c1-2-17(14,15)13-8-6-10(9-13)16-11-5-3-4-7-12-11/h3-5,7,10H,2,6,8-9H2,1H3. The van der Waals surface area contributed by atoms with E-state index in [1.165, 1.54) is 4.31 Å². The third-order valence-corrected chi connectivity index (χ3v) is 4.64. The Morgan fingerprint density at radius 1 is 1.53 bits per heavy atom. The van der Waals surface area contributed by atoms with Gasteiger partial charge in [-0.25, -0.2) is 13.4 Å². The first-order chi connectivity index (χ1) is 8.12. The molecule has 0 N–H and O–H groups in total. The third-order valence-electron chi connectivity index (χ3n) is 2.79. The lowest BCUT2D eigenvalue weighted by atomic mass is 10.3. The molecule has 1 aliphatic rings. The van der Waals surface area contributed by atoms with Gasteiger partial charge in [-0.2, -0.15) is 4.31 Å². The zero-order valence-corrected chi connectivity index (χ0v) is 10.6. The molecule has 2 rings (SSSR count). The molecule has 1 aromatic heterocycles. The molecule has 1 aromatic rings. The van der Waals surface area contributed by atoms with Crippen LogP contribution in [0.2, 0.25) is 0 Å². The van der Waals surface area contributed by atoms with E-state index in [1.54, 1.807) is 19.2 Å². The van der Waals surface area contributed by atoms with E-state index in [-0.39, 0.29) is 11.9 Å². The topological polar surface area (TPSA) is 59.5 Å². The fourth-order valence-corrected chi connectivity index (χ4v) is 2.96. The molecule has 2 heterocycles. The van der Waals surface area contributed by atoms with Gasteiger partial charge in [0.25, 0.3) is 0 Å². The van der Waals surface area contributed by atoms with Gasteiger partial charge in [0.1, 0.15) is 6.10 Å². The minimum absolute atomic E-state index is 0.0915. The van der Waals surface area contributed by atoms with E-state index in [4.69, 9.17) is 4.74 Å². The summed E-state index contributed by atoms with van der Waals surface area (Å²) in [5.41, 5.74) is 0. The summed E-state index contributed by atoms with van der Waals surface area (Å²) in [4.78, 5) is 4.06. The number of hydrogen-bond acceptors (Lipinski definition) is 4. The second kappa shape index (κ2) is 5.01. The molecular weight excluding hydrogens is 240 g/mol. The van der Waals surface area contributed by atoms with E-state index in [0.29, 0.717) is 19.0 Å². The highest BCUT2D eigenvalue weighted by Gasteiger charge is 2.31. The fraction of sp³-hybridized carbons (Fsp3) is 0.545. The summed E-state index contributed by atoms with van der Waals surface area (Å²) in [6, 6.07) is 5.43. The molecule has 0 aliphatic carbocycles. The lowest BCUT2D eigenvalue weighted by molar-refractivity contribution is 0.207. The number of rotatable bonds is 4. The molecule has 1 fully saturated rings. The van der Waals surface area contributed by atoms with E-state index < -0.39 is 10.0 Å². The van der Waals surface area contributed by atoms with Crippen molar-refractivity contribution in [1.82, 2.24) is 9.29 Å². The minimum Gasteiger partial charge on any atom is -0.473 e. The van der Waals surface area contributed by atoms with Crippen LogP contribution in [0.1, 0.15) is 13.3 Å². The first kappa shape index (κ1) is 12.3. The largest absolute Gasteiger partial charge is 0.473 e. The van der Waals surface area contributed by atoms with Gasteiger partial charge >= 0.3 is 0 Å². The van der Waals surface area contributed by atoms with Gasteiger partial charge in [-0.05, 0) is 19.4 Å². The maximum Gasteiger partial charge on any atom is 0.213 e. The van der Waals surface area contributed by atoms with Gasteiger partial charge in [0.15, 0.2) is 0 Å². The molecule has 0 saturated carbocycles. The lowest BCUT2D eigenvalue weighted by Crippen LogP contribution is -2.32. The molecule has 0 amide bonds. The van der Waals surface area contributed by atoms with E-state index in [0.717, 1.165) is 6.42 Å². The van der Waals surface area contributed by atoms with Gasteiger partial charge in [0, 0.05) is 18.8 Å². The Hall–Kier alpha value is -1.14. The van der Waals surface area contributed by atoms with Gasteiger partial charge in [0.05, 0.1) is 12.3 Å². The normalized spacial score (nSPS) is 21.6. The highest BCUT2D eigenvalue weighted by Crippen LogP contribution is 2.18. The molecule has 1 aliphatic heterocycles. The van der Waals surface area contributed by atoms with Gasteiger partial charge in [-0.1, -0.05) is 6.07 Å². The van der Waals surface area contributed by atoms with Crippen molar-refractivity contribution >= 4 is 10.0 Å². The minimum atomic E-state index is -3.09. The van der Waals surface area contributed by atoms with Crippen molar-refractivity contribution in [2.45, 2.75) is 19.4 Å². The van der Waals surface area contributed by atoms with E-state index in [2.05, 4.69) is 4.98 Å². The summed E-state index contributed by atoms with van der Waals surface area (Å²) < 4.78 is 30.4. The number of aromatic nitrogens is 1. The molecule has 17 heavy (non-hydrogen) atoms. The van der Waals surface area contributed by atoms with Gasteiger partial charge < -0.3 is 4.74 Å². The molecule has 0 aromatic carbocycles. The zero-order valence-electron chi connectivity index (χ0n) is 9.74. The SMILES string of the molecule is CCS(=O)(=O)N1CCC(Oc2ccccn2)C1. The Balaban J connectivity index is 1.95. The summed E-state index contributed by atoms with van der Waals surface area (Å²) in [5, 5.41) is 0. The highest BCUT2D eigenvalue weighted by atomic mass is 32.2.